The zero-order valence-electron chi connectivity index (χ0n) is 15.6. The number of nitrogens with zero attached hydrogens (tertiary/aromatic N) is 3. The molecular weight excluding hydrogens is 366 g/mol. The highest BCUT2D eigenvalue weighted by Gasteiger charge is 2.34. The average molecular weight is 394 g/mol. The second-order valence-electron chi connectivity index (χ2n) is 7.67. The fraction of sp³-hybridized carbons (Fsp3) is 0.611. The van der Waals surface area contributed by atoms with Crippen LogP contribution in [-0.2, 0) is 10.2 Å². The molecule has 0 aromatic heterocycles. The van der Waals surface area contributed by atoms with E-state index in [1.165, 1.54) is 18.5 Å². The number of rotatable bonds is 7. The number of aliphatic imine (C=N–C) groups is 1. The van der Waals surface area contributed by atoms with E-state index in [2.05, 4.69) is 26.7 Å². The minimum absolute atomic E-state index is 0.382. The van der Waals surface area contributed by atoms with E-state index in [0.717, 1.165) is 49.1 Å². The van der Waals surface area contributed by atoms with E-state index in [-0.39, 0.29) is 0 Å². The molecule has 0 amide bonds. The van der Waals surface area contributed by atoms with Crippen molar-refractivity contribution in [2.45, 2.75) is 19.3 Å². The van der Waals surface area contributed by atoms with Gasteiger partial charge in [-0.05, 0) is 43.2 Å². The molecule has 0 radical (unpaired) electrons. The first kappa shape index (κ1) is 18.5. The summed E-state index contributed by atoms with van der Waals surface area (Å²) in [5.41, 5.74) is 2.36. The maximum atomic E-state index is 11.0. The quantitative estimate of drug-likeness (QED) is 0.712. The first-order valence-electron chi connectivity index (χ1n) is 9.43. The molecule has 27 heavy (non-hydrogen) atoms. The Morgan fingerprint density at radius 1 is 1.30 bits per heavy atom. The largest absolute Gasteiger partial charge is 0.497 e. The summed E-state index contributed by atoms with van der Waals surface area (Å²) in [6.07, 6.45) is 3.41. The number of methoxy groups -OCH3 is 1. The van der Waals surface area contributed by atoms with Crippen molar-refractivity contribution in [2.24, 2.45) is 22.0 Å². The number of ether oxygens (including phenoxy) is 1. The Labute approximate surface area is 160 Å². The van der Waals surface area contributed by atoms with E-state index < -0.39 is 10.2 Å². The SMILES string of the molecule is COc1ccc2c(c1)N(CC1CC1)CN=C2N1CC(CCNS(N)(=O)=O)C1. The second-order valence-corrected chi connectivity index (χ2v) is 9.05. The molecule has 148 valence electrons. The Bertz CT molecular complexity index is 831. The number of likely N-dealkylation sites (tertiary alicyclic amines) is 1. The molecule has 1 aromatic carbocycles. The molecule has 1 saturated carbocycles. The van der Waals surface area contributed by atoms with Crippen molar-refractivity contribution in [1.29, 1.82) is 0 Å². The van der Waals surface area contributed by atoms with Crippen LogP contribution in [0, 0.1) is 11.8 Å². The normalized spacial score (nSPS) is 20.1. The molecule has 1 aliphatic carbocycles. The highest BCUT2D eigenvalue weighted by Crippen LogP contribution is 2.37. The van der Waals surface area contributed by atoms with Gasteiger partial charge in [0.05, 0.1) is 12.8 Å². The molecule has 2 heterocycles. The summed E-state index contributed by atoms with van der Waals surface area (Å²) < 4.78 is 29.7. The van der Waals surface area contributed by atoms with Crippen molar-refractivity contribution in [1.82, 2.24) is 9.62 Å². The summed E-state index contributed by atoms with van der Waals surface area (Å²) in [4.78, 5) is 9.49. The lowest BCUT2D eigenvalue weighted by atomic mass is 9.94. The fourth-order valence-electron chi connectivity index (χ4n) is 3.77. The van der Waals surface area contributed by atoms with E-state index in [9.17, 15) is 8.42 Å². The Balaban J connectivity index is 1.42. The van der Waals surface area contributed by atoms with Gasteiger partial charge in [-0.1, -0.05) is 0 Å². The summed E-state index contributed by atoms with van der Waals surface area (Å²) in [5, 5.41) is 4.97. The third-order valence-corrected chi connectivity index (χ3v) is 6.07. The van der Waals surface area contributed by atoms with Crippen LogP contribution in [0.1, 0.15) is 24.8 Å². The van der Waals surface area contributed by atoms with E-state index in [1.807, 2.05) is 6.07 Å². The molecule has 4 rings (SSSR count). The van der Waals surface area contributed by atoms with Crippen LogP contribution < -0.4 is 19.5 Å². The third-order valence-electron chi connectivity index (χ3n) is 5.47. The van der Waals surface area contributed by atoms with Gasteiger partial charge in [0.1, 0.15) is 18.3 Å². The number of anilines is 1. The van der Waals surface area contributed by atoms with Crippen molar-refractivity contribution in [3.05, 3.63) is 23.8 Å². The first-order valence-corrected chi connectivity index (χ1v) is 11.0. The van der Waals surface area contributed by atoms with Crippen LogP contribution in [0.3, 0.4) is 0 Å². The van der Waals surface area contributed by atoms with E-state index >= 15 is 0 Å². The second kappa shape index (κ2) is 7.29. The van der Waals surface area contributed by atoms with Gasteiger partial charge in [-0.2, -0.15) is 8.42 Å². The maximum Gasteiger partial charge on any atom is 0.274 e. The average Bonchev–Trinajstić information content (AvgIpc) is 3.40. The highest BCUT2D eigenvalue weighted by atomic mass is 32.2. The van der Waals surface area contributed by atoms with Gasteiger partial charge in [0.15, 0.2) is 0 Å². The number of amidine groups is 1. The van der Waals surface area contributed by atoms with Crippen LogP contribution in [0.15, 0.2) is 23.2 Å². The molecule has 2 fully saturated rings. The molecule has 9 heteroatoms. The Morgan fingerprint density at radius 3 is 2.74 bits per heavy atom. The molecule has 0 unspecified atom stereocenters. The van der Waals surface area contributed by atoms with Gasteiger partial charge < -0.3 is 14.5 Å². The summed E-state index contributed by atoms with van der Waals surface area (Å²) in [7, 11) is -1.91. The lowest BCUT2D eigenvalue weighted by Crippen LogP contribution is -2.52. The third kappa shape index (κ3) is 4.36. The number of nitrogens with one attached hydrogen (secondary N) is 1. The van der Waals surface area contributed by atoms with Crippen molar-refractivity contribution >= 4 is 21.7 Å². The number of fused-ring (bicyclic) bond motifs is 1. The molecule has 8 nitrogen and oxygen atoms in total. The summed E-state index contributed by atoms with van der Waals surface area (Å²) >= 11 is 0. The van der Waals surface area contributed by atoms with Crippen molar-refractivity contribution in [2.75, 3.05) is 44.9 Å². The Kier molecular flexibility index (Phi) is 5.00. The molecule has 3 N–H and O–H groups in total. The van der Waals surface area contributed by atoms with Crippen LogP contribution >= 0.6 is 0 Å². The first-order chi connectivity index (χ1) is 12.9. The zero-order chi connectivity index (χ0) is 19.0. The maximum absolute atomic E-state index is 11.0. The van der Waals surface area contributed by atoms with E-state index in [4.69, 9.17) is 14.9 Å². The monoisotopic (exact) mass is 393 g/mol. The Hall–Kier alpha value is -1.84. The standard InChI is InChI=1S/C18H27N5O3S/c1-26-15-4-5-16-17(8-15)23(9-13-2-3-13)12-20-18(16)22-10-14(11-22)6-7-21-27(19,24)25/h4-5,8,13-14,21H,2-3,6-7,9-12H2,1H3,(H2,19,24,25). The number of hydrogen-bond acceptors (Lipinski definition) is 6. The zero-order valence-corrected chi connectivity index (χ0v) is 16.4. The van der Waals surface area contributed by atoms with Gasteiger partial charge in [-0.25, -0.2) is 14.9 Å². The minimum Gasteiger partial charge on any atom is -0.497 e. The number of benzene rings is 1. The predicted molar refractivity (Wildman–Crippen MR) is 105 cm³/mol. The summed E-state index contributed by atoms with van der Waals surface area (Å²) in [6.45, 7) is 3.89. The lowest BCUT2D eigenvalue weighted by molar-refractivity contribution is 0.178. The van der Waals surface area contributed by atoms with Gasteiger partial charge >= 0.3 is 0 Å². The Morgan fingerprint density at radius 2 is 2.07 bits per heavy atom. The number of nitrogens with two attached hydrogens (primary N) is 1. The van der Waals surface area contributed by atoms with Crippen LogP contribution in [0.25, 0.3) is 0 Å². The van der Waals surface area contributed by atoms with E-state index in [0.29, 0.717) is 19.1 Å². The number of hydrogen-bond donors (Lipinski definition) is 2. The van der Waals surface area contributed by atoms with Crippen molar-refractivity contribution in [3.8, 4) is 5.75 Å². The van der Waals surface area contributed by atoms with Crippen molar-refractivity contribution < 1.29 is 13.2 Å². The van der Waals surface area contributed by atoms with E-state index in [1.54, 1.807) is 7.11 Å². The molecule has 0 bridgehead atoms. The predicted octanol–water partition coefficient (Wildman–Crippen LogP) is 0.744. The van der Waals surface area contributed by atoms with Crippen molar-refractivity contribution in [3.63, 3.8) is 0 Å². The molecule has 1 aromatic rings. The van der Waals surface area contributed by atoms with Gasteiger partial charge in [0.25, 0.3) is 10.2 Å². The smallest absolute Gasteiger partial charge is 0.274 e. The van der Waals surface area contributed by atoms with Crippen LogP contribution in [0.2, 0.25) is 0 Å². The highest BCUT2D eigenvalue weighted by molar-refractivity contribution is 7.87. The fourth-order valence-corrected chi connectivity index (χ4v) is 4.17. The summed E-state index contributed by atoms with van der Waals surface area (Å²) in [6, 6.07) is 6.20. The molecule has 3 aliphatic rings. The van der Waals surface area contributed by atoms with Gasteiger partial charge in [0, 0.05) is 37.8 Å². The minimum atomic E-state index is -3.60. The van der Waals surface area contributed by atoms with Crippen LogP contribution in [-0.4, -0.2) is 59.1 Å². The summed E-state index contributed by atoms with van der Waals surface area (Å²) in [5.74, 6) is 3.15. The topological polar surface area (TPSA) is 100 Å². The molecule has 0 atom stereocenters. The molecule has 1 saturated heterocycles. The molecular formula is C18H27N5O3S. The van der Waals surface area contributed by atoms with Crippen LogP contribution in [0.4, 0.5) is 5.69 Å². The van der Waals surface area contributed by atoms with Gasteiger partial charge in [-0.3, -0.25) is 0 Å². The molecule has 0 spiro atoms. The van der Waals surface area contributed by atoms with Crippen LogP contribution in [0.5, 0.6) is 5.75 Å². The van der Waals surface area contributed by atoms with Gasteiger partial charge in [-0.15, -0.1) is 0 Å². The lowest BCUT2D eigenvalue weighted by Gasteiger charge is -2.44. The molecule has 2 aliphatic heterocycles. The van der Waals surface area contributed by atoms with Gasteiger partial charge in [0.2, 0.25) is 0 Å².